The number of rotatable bonds is 6. The number of carbonyl (C=O) groups is 1. The molecule has 1 fully saturated rings. The van der Waals surface area contributed by atoms with Gasteiger partial charge in [0, 0.05) is 32.3 Å². The number of carbonyl (C=O) groups excluding carboxylic acids is 1. The fraction of sp³-hybridized carbons (Fsp3) is 0.562. The Kier molecular flexibility index (Phi) is 6.15. The third-order valence-electron chi connectivity index (χ3n) is 3.99. The maximum atomic E-state index is 12.7. The molecule has 1 heterocycles. The van der Waals surface area contributed by atoms with Gasteiger partial charge in [0.15, 0.2) is 0 Å². The van der Waals surface area contributed by atoms with E-state index >= 15 is 0 Å². The Hall–Kier alpha value is -1.44. The molecule has 128 valence electrons. The van der Waals surface area contributed by atoms with Crippen LogP contribution in [0.5, 0.6) is 0 Å². The lowest BCUT2D eigenvalue weighted by molar-refractivity contribution is 0.0723. The molecule has 1 aliphatic heterocycles. The van der Waals surface area contributed by atoms with Crippen molar-refractivity contribution >= 4 is 15.9 Å². The van der Waals surface area contributed by atoms with E-state index in [4.69, 9.17) is 4.74 Å². The van der Waals surface area contributed by atoms with Gasteiger partial charge in [0.1, 0.15) is 0 Å². The zero-order valence-electron chi connectivity index (χ0n) is 13.7. The molecule has 7 heteroatoms. The van der Waals surface area contributed by atoms with Gasteiger partial charge in [0.05, 0.1) is 11.5 Å². The van der Waals surface area contributed by atoms with Gasteiger partial charge in [-0.25, -0.2) is 13.1 Å². The van der Waals surface area contributed by atoms with Crippen molar-refractivity contribution in [2.45, 2.75) is 31.1 Å². The summed E-state index contributed by atoms with van der Waals surface area (Å²) in [7, 11) is -2.13. The van der Waals surface area contributed by atoms with Gasteiger partial charge in [-0.15, -0.1) is 0 Å². The van der Waals surface area contributed by atoms with E-state index in [-0.39, 0.29) is 17.3 Å². The molecular formula is C16H24N2O4S. The topological polar surface area (TPSA) is 75.7 Å². The molecule has 23 heavy (non-hydrogen) atoms. The second-order valence-corrected chi connectivity index (χ2v) is 7.49. The van der Waals surface area contributed by atoms with Crippen LogP contribution in [0.15, 0.2) is 23.1 Å². The molecular weight excluding hydrogens is 316 g/mol. The number of likely N-dealkylation sites (tertiary alicyclic amines) is 1. The van der Waals surface area contributed by atoms with E-state index in [0.717, 1.165) is 37.9 Å². The van der Waals surface area contributed by atoms with Crippen LogP contribution in [0.25, 0.3) is 0 Å². The average molecular weight is 340 g/mol. The fourth-order valence-corrected chi connectivity index (χ4v) is 3.67. The van der Waals surface area contributed by atoms with Crippen LogP contribution in [0.1, 0.15) is 35.2 Å². The highest BCUT2D eigenvalue weighted by molar-refractivity contribution is 7.89. The summed E-state index contributed by atoms with van der Waals surface area (Å²) in [6, 6.07) is 4.68. The smallest absolute Gasteiger partial charge is 0.254 e. The molecule has 0 unspecified atom stereocenters. The zero-order valence-corrected chi connectivity index (χ0v) is 14.5. The highest BCUT2D eigenvalue weighted by Gasteiger charge is 2.22. The Morgan fingerprint density at radius 1 is 1.26 bits per heavy atom. The lowest BCUT2D eigenvalue weighted by Crippen LogP contribution is -2.36. The summed E-state index contributed by atoms with van der Waals surface area (Å²) in [4.78, 5) is 14.6. The van der Waals surface area contributed by atoms with E-state index in [0.29, 0.717) is 12.2 Å². The van der Waals surface area contributed by atoms with E-state index in [9.17, 15) is 13.2 Å². The maximum absolute atomic E-state index is 12.7. The number of aryl methyl sites for hydroxylation is 1. The summed E-state index contributed by atoms with van der Waals surface area (Å²) in [6.07, 6.45) is 3.14. The minimum absolute atomic E-state index is 0.0869. The van der Waals surface area contributed by atoms with Gasteiger partial charge >= 0.3 is 0 Å². The predicted octanol–water partition coefficient (Wildman–Crippen LogP) is 1.55. The standard InChI is InChI=1S/C16H24N2O4S/c1-13-6-7-14(23(20,21)17-8-11-22-2)12-15(13)16(19)18-9-4-3-5-10-18/h6-7,12,17H,3-5,8-11H2,1-2H3. The predicted molar refractivity (Wildman–Crippen MR) is 88.0 cm³/mol. The number of nitrogens with zero attached hydrogens (tertiary/aromatic N) is 1. The molecule has 1 saturated heterocycles. The lowest BCUT2D eigenvalue weighted by atomic mass is 10.1. The summed E-state index contributed by atoms with van der Waals surface area (Å²) < 4.78 is 31.9. The van der Waals surface area contributed by atoms with E-state index < -0.39 is 10.0 Å². The van der Waals surface area contributed by atoms with Crippen LogP contribution in [0.2, 0.25) is 0 Å². The highest BCUT2D eigenvalue weighted by Crippen LogP contribution is 2.19. The number of benzene rings is 1. The second-order valence-electron chi connectivity index (χ2n) is 5.72. The van der Waals surface area contributed by atoms with Gasteiger partial charge in [0.2, 0.25) is 10.0 Å². The van der Waals surface area contributed by atoms with Crippen LogP contribution in [0, 0.1) is 6.92 Å². The van der Waals surface area contributed by atoms with E-state index in [1.807, 2.05) is 6.92 Å². The van der Waals surface area contributed by atoms with Crippen LogP contribution in [0.3, 0.4) is 0 Å². The van der Waals surface area contributed by atoms with Crippen LogP contribution in [-0.2, 0) is 14.8 Å². The van der Waals surface area contributed by atoms with Crippen LogP contribution in [0.4, 0.5) is 0 Å². The fourth-order valence-electron chi connectivity index (χ4n) is 2.63. The maximum Gasteiger partial charge on any atom is 0.254 e. The summed E-state index contributed by atoms with van der Waals surface area (Å²) >= 11 is 0. The molecule has 0 spiro atoms. The number of piperidine rings is 1. The number of ether oxygens (including phenoxy) is 1. The Morgan fingerprint density at radius 2 is 1.96 bits per heavy atom. The van der Waals surface area contributed by atoms with Crippen molar-refractivity contribution in [3.8, 4) is 0 Å². The van der Waals surface area contributed by atoms with Crippen molar-refractivity contribution in [2.24, 2.45) is 0 Å². The van der Waals surface area contributed by atoms with Crippen LogP contribution < -0.4 is 4.72 Å². The van der Waals surface area contributed by atoms with Crippen molar-refractivity contribution in [2.75, 3.05) is 33.4 Å². The zero-order chi connectivity index (χ0) is 16.9. The lowest BCUT2D eigenvalue weighted by Gasteiger charge is -2.27. The van der Waals surface area contributed by atoms with Gasteiger partial charge in [-0.2, -0.15) is 0 Å². The first-order chi connectivity index (χ1) is 11.0. The number of nitrogens with one attached hydrogen (secondary N) is 1. The summed E-state index contributed by atoms with van der Waals surface area (Å²) in [6.45, 7) is 3.79. The van der Waals surface area contributed by atoms with Gasteiger partial charge in [-0.3, -0.25) is 4.79 Å². The number of hydrogen-bond donors (Lipinski definition) is 1. The second kappa shape index (κ2) is 7.90. The molecule has 6 nitrogen and oxygen atoms in total. The Labute approximate surface area is 137 Å². The first kappa shape index (κ1) is 17.9. The molecule has 0 saturated carbocycles. The summed E-state index contributed by atoms with van der Waals surface area (Å²) in [5.41, 5.74) is 1.25. The first-order valence-electron chi connectivity index (χ1n) is 7.84. The van der Waals surface area contributed by atoms with Gasteiger partial charge in [-0.05, 0) is 43.9 Å². The van der Waals surface area contributed by atoms with Crippen LogP contribution in [-0.4, -0.2) is 52.6 Å². The molecule has 0 aliphatic carbocycles. The van der Waals surface area contributed by atoms with Crippen molar-refractivity contribution < 1.29 is 17.9 Å². The minimum atomic E-state index is -3.64. The number of amides is 1. The third kappa shape index (κ3) is 4.53. The largest absolute Gasteiger partial charge is 0.383 e. The number of sulfonamides is 1. The van der Waals surface area contributed by atoms with Crippen molar-refractivity contribution in [3.63, 3.8) is 0 Å². The average Bonchev–Trinajstić information content (AvgIpc) is 2.55. The third-order valence-corrected chi connectivity index (χ3v) is 5.45. The number of methoxy groups -OCH3 is 1. The van der Waals surface area contributed by atoms with Gasteiger partial charge in [-0.1, -0.05) is 6.07 Å². The minimum Gasteiger partial charge on any atom is -0.383 e. The molecule has 1 aromatic rings. The van der Waals surface area contributed by atoms with Gasteiger partial charge in [0.25, 0.3) is 5.91 Å². The normalized spacial score (nSPS) is 15.7. The van der Waals surface area contributed by atoms with Crippen molar-refractivity contribution in [1.82, 2.24) is 9.62 Å². The van der Waals surface area contributed by atoms with Crippen molar-refractivity contribution in [3.05, 3.63) is 29.3 Å². The summed E-state index contributed by atoms with van der Waals surface area (Å²) in [5, 5.41) is 0. The molecule has 0 aromatic heterocycles. The molecule has 1 N–H and O–H groups in total. The SMILES string of the molecule is COCCNS(=O)(=O)c1ccc(C)c(C(=O)N2CCCCC2)c1. The Bertz CT molecular complexity index is 652. The molecule has 0 bridgehead atoms. The van der Waals surface area contributed by atoms with Crippen molar-refractivity contribution in [1.29, 1.82) is 0 Å². The highest BCUT2D eigenvalue weighted by atomic mass is 32.2. The molecule has 1 amide bonds. The van der Waals surface area contributed by atoms with E-state index in [2.05, 4.69) is 4.72 Å². The van der Waals surface area contributed by atoms with E-state index in [1.165, 1.54) is 19.2 Å². The van der Waals surface area contributed by atoms with Crippen LogP contribution >= 0.6 is 0 Å². The number of hydrogen-bond acceptors (Lipinski definition) is 4. The van der Waals surface area contributed by atoms with E-state index in [1.54, 1.807) is 11.0 Å². The quantitative estimate of drug-likeness (QED) is 0.797. The molecule has 1 aromatic carbocycles. The molecule has 2 rings (SSSR count). The first-order valence-corrected chi connectivity index (χ1v) is 9.32. The summed E-state index contributed by atoms with van der Waals surface area (Å²) in [5.74, 6) is -0.0869. The Morgan fingerprint density at radius 3 is 2.61 bits per heavy atom. The molecule has 1 aliphatic rings. The van der Waals surface area contributed by atoms with Gasteiger partial charge < -0.3 is 9.64 Å². The Balaban J connectivity index is 2.22. The monoisotopic (exact) mass is 340 g/mol. The molecule has 0 atom stereocenters. The molecule has 0 radical (unpaired) electrons.